The number of methoxy groups -OCH3 is 1. The van der Waals surface area contributed by atoms with Crippen LogP contribution in [0.3, 0.4) is 0 Å². The normalized spacial score (nSPS) is 12.5. The van der Waals surface area contributed by atoms with E-state index in [1.807, 2.05) is 38.4 Å². The molecule has 0 fully saturated rings. The van der Waals surface area contributed by atoms with Crippen molar-refractivity contribution in [2.45, 2.75) is 19.8 Å². The number of carbonyl (C=O) groups is 1. The summed E-state index contributed by atoms with van der Waals surface area (Å²) in [6.45, 7) is 2.91. The van der Waals surface area contributed by atoms with Gasteiger partial charge in [0.15, 0.2) is 5.78 Å². The van der Waals surface area contributed by atoms with Crippen molar-refractivity contribution in [3.8, 4) is 5.75 Å². The van der Waals surface area contributed by atoms with Crippen LogP contribution >= 0.6 is 0 Å². The van der Waals surface area contributed by atoms with E-state index in [0.717, 1.165) is 30.7 Å². The molecule has 0 N–H and O–H groups in total. The molecule has 0 aliphatic heterocycles. The first-order valence-corrected chi connectivity index (χ1v) is 6.41. The van der Waals surface area contributed by atoms with Crippen molar-refractivity contribution >= 4 is 5.78 Å². The van der Waals surface area contributed by atoms with E-state index in [1.165, 1.54) is 0 Å². The first kappa shape index (κ1) is 14.7. The Morgan fingerprint density at radius 3 is 2.67 bits per heavy atom. The smallest absolute Gasteiger partial charge is 0.167 e. The molecule has 100 valence electrons. The molecule has 1 aromatic rings. The molecule has 0 aliphatic rings. The number of benzene rings is 1. The Balaban J connectivity index is 2.86. The van der Waals surface area contributed by atoms with E-state index in [-0.39, 0.29) is 11.7 Å². The minimum atomic E-state index is 0.0668. The minimum absolute atomic E-state index is 0.0668. The quantitative estimate of drug-likeness (QED) is 0.696. The van der Waals surface area contributed by atoms with Gasteiger partial charge >= 0.3 is 0 Å². The molecule has 18 heavy (non-hydrogen) atoms. The highest BCUT2D eigenvalue weighted by Crippen LogP contribution is 2.19. The van der Waals surface area contributed by atoms with Gasteiger partial charge in [-0.15, -0.1) is 0 Å². The molecule has 1 aromatic carbocycles. The molecular formula is C15H23NO2. The lowest BCUT2D eigenvalue weighted by Crippen LogP contribution is -2.28. The Labute approximate surface area is 110 Å². The maximum atomic E-state index is 12.5. The Bertz CT molecular complexity index is 388. The predicted octanol–water partition coefficient (Wildman–Crippen LogP) is 2.86. The van der Waals surface area contributed by atoms with Crippen molar-refractivity contribution < 1.29 is 9.53 Å². The lowest BCUT2D eigenvalue weighted by atomic mass is 9.93. The molecule has 0 bridgehead atoms. The SMILES string of the molecule is CCCC(CN(C)C)C(=O)c1cccc(OC)c1. The third-order valence-corrected chi connectivity index (χ3v) is 2.95. The Hall–Kier alpha value is -1.35. The summed E-state index contributed by atoms with van der Waals surface area (Å²) < 4.78 is 5.16. The van der Waals surface area contributed by atoms with Crippen molar-refractivity contribution in [2.24, 2.45) is 5.92 Å². The Morgan fingerprint density at radius 1 is 1.39 bits per heavy atom. The molecule has 0 amide bonds. The molecule has 0 saturated carbocycles. The molecule has 0 heterocycles. The molecule has 1 unspecified atom stereocenters. The second-order valence-corrected chi connectivity index (χ2v) is 4.84. The summed E-state index contributed by atoms with van der Waals surface area (Å²) >= 11 is 0. The van der Waals surface area contributed by atoms with Crippen LogP contribution in [0.15, 0.2) is 24.3 Å². The van der Waals surface area contributed by atoms with E-state index in [4.69, 9.17) is 4.74 Å². The minimum Gasteiger partial charge on any atom is -0.497 e. The molecule has 0 aromatic heterocycles. The molecule has 0 aliphatic carbocycles. The van der Waals surface area contributed by atoms with Crippen LogP contribution in [0.4, 0.5) is 0 Å². The van der Waals surface area contributed by atoms with Crippen molar-refractivity contribution in [3.05, 3.63) is 29.8 Å². The number of rotatable bonds is 7. The van der Waals surface area contributed by atoms with Crippen LogP contribution in [0.2, 0.25) is 0 Å². The van der Waals surface area contributed by atoms with Crippen molar-refractivity contribution in [1.29, 1.82) is 0 Å². The number of hydrogen-bond acceptors (Lipinski definition) is 3. The van der Waals surface area contributed by atoms with Gasteiger partial charge < -0.3 is 9.64 Å². The summed E-state index contributed by atoms with van der Waals surface area (Å²) in [7, 11) is 5.62. The zero-order valence-electron chi connectivity index (χ0n) is 11.8. The van der Waals surface area contributed by atoms with E-state index in [1.54, 1.807) is 7.11 Å². The summed E-state index contributed by atoms with van der Waals surface area (Å²) in [6, 6.07) is 7.41. The largest absolute Gasteiger partial charge is 0.497 e. The highest BCUT2D eigenvalue weighted by molar-refractivity contribution is 5.98. The molecule has 0 spiro atoms. The fourth-order valence-electron chi connectivity index (χ4n) is 2.11. The van der Waals surface area contributed by atoms with E-state index < -0.39 is 0 Å². The number of hydrogen-bond donors (Lipinski definition) is 0. The van der Waals surface area contributed by atoms with Gasteiger partial charge in [-0.1, -0.05) is 25.5 Å². The van der Waals surface area contributed by atoms with Crippen LogP contribution in [0.1, 0.15) is 30.1 Å². The number of carbonyl (C=O) groups excluding carboxylic acids is 1. The molecule has 3 nitrogen and oxygen atoms in total. The van der Waals surface area contributed by atoms with Gasteiger partial charge in [0.1, 0.15) is 5.75 Å². The summed E-state index contributed by atoms with van der Waals surface area (Å²) in [5.41, 5.74) is 0.745. The van der Waals surface area contributed by atoms with E-state index in [0.29, 0.717) is 0 Å². The first-order chi connectivity index (χ1) is 8.58. The summed E-state index contributed by atoms with van der Waals surface area (Å²) in [5.74, 6) is 1.02. The zero-order chi connectivity index (χ0) is 13.5. The molecule has 0 radical (unpaired) electrons. The van der Waals surface area contributed by atoms with Gasteiger partial charge in [0.2, 0.25) is 0 Å². The van der Waals surface area contributed by atoms with Crippen LogP contribution in [0, 0.1) is 5.92 Å². The van der Waals surface area contributed by atoms with Gasteiger partial charge in [-0.05, 0) is 32.6 Å². The van der Waals surface area contributed by atoms with Crippen LogP contribution in [-0.2, 0) is 0 Å². The molecular weight excluding hydrogens is 226 g/mol. The lowest BCUT2D eigenvalue weighted by Gasteiger charge is -2.19. The standard InChI is InChI=1S/C15H23NO2/c1-5-7-13(11-16(2)3)15(17)12-8-6-9-14(10-12)18-4/h6,8-10,13H,5,7,11H2,1-4H3. The summed E-state index contributed by atoms with van der Waals surface area (Å²) in [5, 5.41) is 0. The van der Waals surface area contributed by atoms with Gasteiger partial charge in [-0.2, -0.15) is 0 Å². The summed E-state index contributed by atoms with van der Waals surface area (Å²) in [4.78, 5) is 14.5. The maximum absolute atomic E-state index is 12.5. The van der Waals surface area contributed by atoms with Crippen LogP contribution in [0.25, 0.3) is 0 Å². The second-order valence-electron chi connectivity index (χ2n) is 4.84. The predicted molar refractivity (Wildman–Crippen MR) is 74.3 cm³/mol. The van der Waals surface area contributed by atoms with Crippen molar-refractivity contribution in [2.75, 3.05) is 27.7 Å². The van der Waals surface area contributed by atoms with Gasteiger partial charge in [0.05, 0.1) is 7.11 Å². The zero-order valence-corrected chi connectivity index (χ0v) is 11.8. The fraction of sp³-hybridized carbons (Fsp3) is 0.533. The maximum Gasteiger partial charge on any atom is 0.167 e. The third-order valence-electron chi connectivity index (χ3n) is 2.95. The number of Topliss-reactive ketones (excluding diaryl/α,β-unsaturated/α-hetero) is 1. The van der Waals surface area contributed by atoms with Crippen LogP contribution < -0.4 is 4.74 Å². The average Bonchev–Trinajstić information content (AvgIpc) is 2.37. The monoisotopic (exact) mass is 249 g/mol. The fourth-order valence-corrected chi connectivity index (χ4v) is 2.11. The van der Waals surface area contributed by atoms with Crippen LogP contribution in [-0.4, -0.2) is 38.4 Å². The molecule has 3 heteroatoms. The first-order valence-electron chi connectivity index (χ1n) is 6.41. The van der Waals surface area contributed by atoms with E-state index in [9.17, 15) is 4.79 Å². The topological polar surface area (TPSA) is 29.5 Å². The van der Waals surface area contributed by atoms with Gasteiger partial charge in [0.25, 0.3) is 0 Å². The van der Waals surface area contributed by atoms with Crippen molar-refractivity contribution in [1.82, 2.24) is 4.90 Å². The number of ketones is 1. The van der Waals surface area contributed by atoms with Crippen molar-refractivity contribution in [3.63, 3.8) is 0 Å². The Morgan fingerprint density at radius 2 is 2.11 bits per heavy atom. The van der Waals surface area contributed by atoms with E-state index in [2.05, 4.69) is 11.8 Å². The van der Waals surface area contributed by atoms with Gasteiger partial charge in [0, 0.05) is 18.0 Å². The summed E-state index contributed by atoms with van der Waals surface area (Å²) in [6.07, 6.45) is 1.95. The highest BCUT2D eigenvalue weighted by Gasteiger charge is 2.20. The number of ether oxygens (including phenoxy) is 1. The van der Waals surface area contributed by atoms with E-state index >= 15 is 0 Å². The second kappa shape index (κ2) is 7.17. The average molecular weight is 249 g/mol. The molecule has 1 atom stereocenters. The number of nitrogens with zero attached hydrogens (tertiary/aromatic N) is 1. The van der Waals surface area contributed by atoms with Crippen LogP contribution in [0.5, 0.6) is 5.75 Å². The molecule has 1 rings (SSSR count). The molecule has 0 saturated heterocycles. The Kier molecular flexibility index (Phi) is 5.86. The lowest BCUT2D eigenvalue weighted by molar-refractivity contribution is 0.0888. The van der Waals surface area contributed by atoms with Gasteiger partial charge in [-0.25, -0.2) is 0 Å². The highest BCUT2D eigenvalue weighted by atomic mass is 16.5. The van der Waals surface area contributed by atoms with Gasteiger partial charge in [-0.3, -0.25) is 4.79 Å². The third kappa shape index (κ3) is 4.15.